The Morgan fingerprint density at radius 3 is 2.83 bits per heavy atom. The van der Waals surface area contributed by atoms with Crippen molar-refractivity contribution in [1.29, 1.82) is 5.26 Å². The fourth-order valence-corrected chi connectivity index (χ4v) is 2.80. The summed E-state index contributed by atoms with van der Waals surface area (Å²) >= 11 is 1.32. The van der Waals surface area contributed by atoms with Crippen molar-refractivity contribution in [2.45, 2.75) is 5.16 Å². The molecule has 1 aromatic heterocycles. The number of H-pyrrole nitrogens is 1. The van der Waals surface area contributed by atoms with E-state index >= 15 is 0 Å². The van der Waals surface area contributed by atoms with Crippen LogP contribution in [-0.4, -0.2) is 28.7 Å². The molecule has 120 valence electrons. The van der Waals surface area contributed by atoms with Gasteiger partial charge in [-0.1, -0.05) is 11.8 Å². The van der Waals surface area contributed by atoms with Gasteiger partial charge < -0.3 is 15.0 Å². The second-order valence-electron chi connectivity index (χ2n) is 4.95. The van der Waals surface area contributed by atoms with Crippen LogP contribution in [0.2, 0.25) is 0 Å². The first kappa shape index (κ1) is 15.9. The number of methoxy groups -OCH3 is 1. The average molecular weight is 338 g/mol. The Bertz CT molecular complexity index is 912. The van der Waals surface area contributed by atoms with E-state index < -0.39 is 0 Å². The van der Waals surface area contributed by atoms with Gasteiger partial charge in [0.2, 0.25) is 5.91 Å². The number of anilines is 1. The van der Waals surface area contributed by atoms with Gasteiger partial charge in [-0.3, -0.25) is 4.79 Å². The standard InChI is InChI=1S/C17H14N4O2S/c1-23-13-6-7-14-15(8-13)21-17(20-14)24-10-16(22)19-12-4-2-11(9-18)3-5-12/h2-8H,10H2,1H3,(H,19,22)(H,20,21). The van der Waals surface area contributed by atoms with Crippen LogP contribution in [0.4, 0.5) is 5.69 Å². The van der Waals surface area contributed by atoms with Gasteiger partial charge >= 0.3 is 0 Å². The van der Waals surface area contributed by atoms with Crippen LogP contribution in [0, 0.1) is 11.3 Å². The third-order valence-electron chi connectivity index (χ3n) is 3.31. The zero-order valence-electron chi connectivity index (χ0n) is 12.9. The third-order valence-corrected chi connectivity index (χ3v) is 4.18. The maximum Gasteiger partial charge on any atom is 0.234 e. The summed E-state index contributed by atoms with van der Waals surface area (Å²) in [5.74, 6) is 0.848. The molecule has 3 rings (SSSR count). The number of benzene rings is 2. The van der Waals surface area contributed by atoms with Crippen LogP contribution in [-0.2, 0) is 4.79 Å². The van der Waals surface area contributed by atoms with E-state index in [1.165, 1.54) is 11.8 Å². The molecule has 0 unspecified atom stereocenters. The lowest BCUT2D eigenvalue weighted by molar-refractivity contribution is -0.113. The lowest BCUT2D eigenvalue weighted by Gasteiger charge is -2.03. The SMILES string of the molecule is COc1ccc2nc(SCC(=O)Nc3ccc(C#N)cc3)[nH]c2c1. The molecule has 2 N–H and O–H groups in total. The van der Waals surface area contributed by atoms with Gasteiger partial charge in [0.25, 0.3) is 0 Å². The molecule has 1 amide bonds. The Morgan fingerprint density at radius 2 is 2.12 bits per heavy atom. The maximum atomic E-state index is 12.0. The smallest absolute Gasteiger partial charge is 0.234 e. The number of amides is 1. The number of ether oxygens (including phenoxy) is 1. The van der Waals surface area contributed by atoms with E-state index in [-0.39, 0.29) is 11.7 Å². The van der Waals surface area contributed by atoms with Crippen LogP contribution >= 0.6 is 11.8 Å². The molecule has 24 heavy (non-hydrogen) atoms. The Kier molecular flexibility index (Phi) is 4.68. The van der Waals surface area contributed by atoms with Gasteiger partial charge in [-0.2, -0.15) is 5.26 Å². The number of aromatic nitrogens is 2. The monoisotopic (exact) mass is 338 g/mol. The first-order chi connectivity index (χ1) is 11.7. The Balaban J connectivity index is 1.60. The number of carbonyl (C=O) groups excluding carboxylic acids is 1. The second kappa shape index (κ2) is 7.06. The highest BCUT2D eigenvalue weighted by Gasteiger charge is 2.08. The zero-order valence-corrected chi connectivity index (χ0v) is 13.7. The molecule has 0 radical (unpaired) electrons. The zero-order chi connectivity index (χ0) is 16.9. The van der Waals surface area contributed by atoms with E-state index in [0.29, 0.717) is 16.4 Å². The van der Waals surface area contributed by atoms with Crippen LogP contribution in [0.3, 0.4) is 0 Å². The third kappa shape index (κ3) is 3.67. The van der Waals surface area contributed by atoms with E-state index in [4.69, 9.17) is 10.00 Å². The number of hydrogen-bond acceptors (Lipinski definition) is 5. The molecule has 0 spiro atoms. The largest absolute Gasteiger partial charge is 0.497 e. The first-order valence-corrected chi connectivity index (χ1v) is 8.13. The summed E-state index contributed by atoms with van der Waals surface area (Å²) in [6.07, 6.45) is 0. The summed E-state index contributed by atoms with van der Waals surface area (Å²) in [6, 6.07) is 14.3. The van der Waals surface area contributed by atoms with E-state index in [2.05, 4.69) is 15.3 Å². The van der Waals surface area contributed by atoms with Gasteiger partial charge in [-0.05, 0) is 36.4 Å². The van der Waals surface area contributed by atoms with Crippen molar-refractivity contribution < 1.29 is 9.53 Å². The normalized spacial score (nSPS) is 10.3. The number of rotatable bonds is 5. The molecular formula is C17H14N4O2S. The molecule has 2 aromatic carbocycles. The van der Waals surface area contributed by atoms with Gasteiger partial charge in [-0.15, -0.1) is 0 Å². The summed E-state index contributed by atoms with van der Waals surface area (Å²) in [7, 11) is 1.61. The number of nitrogens with one attached hydrogen (secondary N) is 2. The highest BCUT2D eigenvalue weighted by molar-refractivity contribution is 7.99. The second-order valence-corrected chi connectivity index (χ2v) is 5.92. The molecule has 0 fully saturated rings. The van der Waals surface area contributed by atoms with E-state index in [1.807, 2.05) is 24.3 Å². The Morgan fingerprint density at radius 1 is 1.33 bits per heavy atom. The number of nitrogens with zero attached hydrogens (tertiary/aromatic N) is 2. The number of aromatic amines is 1. The number of thioether (sulfide) groups is 1. The molecule has 0 saturated heterocycles. The average Bonchev–Trinajstić information content (AvgIpc) is 3.02. The van der Waals surface area contributed by atoms with Crippen LogP contribution in [0.1, 0.15) is 5.56 Å². The molecule has 0 aliphatic rings. The molecule has 0 aliphatic carbocycles. The Hall–Kier alpha value is -2.98. The molecule has 3 aromatic rings. The maximum absolute atomic E-state index is 12.0. The summed E-state index contributed by atoms with van der Waals surface area (Å²) in [5, 5.41) is 12.2. The fourth-order valence-electron chi connectivity index (χ4n) is 2.12. The van der Waals surface area contributed by atoms with E-state index in [9.17, 15) is 4.79 Å². The van der Waals surface area contributed by atoms with Crippen molar-refractivity contribution in [2.75, 3.05) is 18.2 Å². The van der Waals surface area contributed by atoms with E-state index in [1.54, 1.807) is 31.4 Å². The molecule has 1 heterocycles. The molecular weight excluding hydrogens is 324 g/mol. The van der Waals surface area contributed by atoms with Gasteiger partial charge in [-0.25, -0.2) is 4.98 Å². The van der Waals surface area contributed by atoms with Crippen molar-refractivity contribution in [3.05, 3.63) is 48.0 Å². The van der Waals surface area contributed by atoms with Crippen molar-refractivity contribution in [2.24, 2.45) is 0 Å². The van der Waals surface area contributed by atoms with Crippen LogP contribution in [0.25, 0.3) is 11.0 Å². The van der Waals surface area contributed by atoms with Gasteiger partial charge in [0.15, 0.2) is 5.16 Å². The van der Waals surface area contributed by atoms with Crippen molar-refractivity contribution in [3.63, 3.8) is 0 Å². The number of carbonyl (C=O) groups is 1. The molecule has 0 atom stereocenters. The Labute approximate surface area is 142 Å². The predicted octanol–water partition coefficient (Wildman–Crippen LogP) is 3.17. The van der Waals surface area contributed by atoms with Crippen molar-refractivity contribution in [1.82, 2.24) is 9.97 Å². The molecule has 0 aliphatic heterocycles. The molecule has 7 heteroatoms. The molecule has 6 nitrogen and oxygen atoms in total. The van der Waals surface area contributed by atoms with Gasteiger partial charge in [0, 0.05) is 11.8 Å². The summed E-state index contributed by atoms with van der Waals surface area (Å²) < 4.78 is 5.17. The predicted molar refractivity (Wildman–Crippen MR) is 93.2 cm³/mol. The summed E-state index contributed by atoms with van der Waals surface area (Å²) in [6.45, 7) is 0. The minimum absolute atomic E-state index is 0.136. The minimum atomic E-state index is -0.136. The van der Waals surface area contributed by atoms with Crippen LogP contribution in [0.15, 0.2) is 47.6 Å². The van der Waals surface area contributed by atoms with E-state index in [0.717, 1.165) is 16.8 Å². The highest BCUT2D eigenvalue weighted by Crippen LogP contribution is 2.23. The highest BCUT2D eigenvalue weighted by atomic mass is 32.2. The number of imidazole rings is 1. The van der Waals surface area contributed by atoms with Crippen molar-refractivity contribution >= 4 is 34.4 Å². The minimum Gasteiger partial charge on any atom is -0.497 e. The number of nitriles is 1. The van der Waals surface area contributed by atoms with Crippen molar-refractivity contribution in [3.8, 4) is 11.8 Å². The molecule has 0 saturated carbocycles. The van der Waals surface area contributed by atoms with Crippen LogP contribution < -0.4 is 10.1 Å². The number of fused-ring (bicyclic) bond motifs is 1. The van der Waals surface area contributed by atoms with Gasteiger partial charge in [0.1, 0.15) is 5.75 Å². The van der Waals surface area contributed by atoms with Crippen LogP contribution in [0.5, 0.6) is 5.75 Å². The first-order valence-electron chi connectivity index (χ1n) is 7.14. The number of hydrogen-bond donors (Lipinski definition) is 2. The summed E-state index contributed by atoms with van der Waals surface area (Å²) in [5.41, 5.74) is 2.91. The molecule has 0 bridgehead atoms. The topological polar surface area (TPSA) is 90.8 Å². The summed E-state index contributed by atoms with van der Waals surface area (Å²) in [4.78, 5) is 19.6. The fraction of sp³-hybridized carbons (Fsp3) is 0.118. The lowest BCUT2D eigenvalue weighted by atomic mass is 10.2. The quantitative estimate of drug-likeness (QED) is 0.697. The van der Waals surface area contributed by atoms with Gasteiger partial charge in [0.05, 0.1) is 35.5 Å². The lowest BCUT2D eigenvalue weighted by Crippen LogP contribution is -2.14.